The Morgan fingerprint density at radius 3 is 2.50 bits per heavy atom. The van der Waals surface area contributed by atoms with Crippen molar-refractivity contribution in [2.75, 3.05) is 13.1 Å². The van der Waals surface area contributed by atoms with Gasteiger partial charge in [-0.05, 0) is 43.0 Å². The van der Waals surface area contributed by atoms with Crippen molar-refractivity contribution in [1.29, 1.82) is 0 Å². The monoisotopic (exact) mass is 441 g/mol. The number of aromatic nitrogens is 4. The van der Waals surface area contributed by atoms with Gasteiger partial charge >= 0.3 is 0 Å². The molecule has 30 heavy (non-hydrogen) atoms. The second-order valence-electron chi connectivity index (χ2n) is 6.68. The van der Waals surface area contributed by atoms with Crippen LogP contribution in [0.2, 0.25) is 0 Å². The number of aryl methyl sites for hydroxylation is 1. The van der Waals surface area contributed by atoms with E-state index in [1.807, 2.05) is 51.1 Å². The van der Waals surface area contributed by atoms with Crippen LogP contribution < -0.4 is 0 Å². The Labute approximate surface area is 180 Å². The van der Waals surface area contributed by atoms with E-state index in [0.29, 0.717) is 25.2 Å². The third kappa shape index (κ3) is 3.57. The molecule has 0 aliphatic heterocycles. The molecule has 4 aromatic rings. The first-order valence-electron chi connectivity index (χ1n) is 9.87. The van der Waals surface area contributed by atoms with Gasteiger partial charge in [-0.3, -0.25) is 0 Å². The molecular weight excluding hydrogens is 418 g/mol. The Kier molecular flexibility index (Phi) is 5.77. The average molecular weight is 442 g/mol. The number of rotatable bonds is 7. The van der Waals surface area contributed by atoms with E-state index < -0.39 is 10.0 Å². The van der Waals surface area contributed by atoms with Crippen LogP contribution in [-0.2, 0) is 16.6 Å². The molecule has 0 amide bonds. The Hall–Kier alpha value is -2.49. The zero-order valence-electron chi connectivity index (χ0n) is 17.1. The Bertz CT molecular complexity index is 1310. The molecule has 0 radical (unpaired) electrons. The van der Waals surface area contributed by atoms with Crippen LogP contribution in [-0.4, -0.2) is 45.3 Å². The Balaban J connectivity index is 1.80. The first kappa shape index (κ1) is 20.8. The molecule has 0 N–H and O–H groups in total. The van der Waals surface area contributed by atoms with Gasteiger partial charge in [0.2, 0.25) is 10.0 Å². The van der Waals surface area contributed by atoms with Gasteiger partial charge < -0.3 is 4.57 Å². The summed E-state index contributed by atoms with van der Waals surface area (Å²) >= 11 is 1.46. The van der Waals surface area contributed by atoms with E-state index in [2.05, 4.69) is 14.5 Å². The fourth-order valence-electron chi connectivity index (χ4n) is 3.49. The van der Waals surface area contributed by atoms with E-state index in [9.17, 15) is 8.42 Å². The minimum Gasteiger partial charge on any atom is -0.319 e. The summed E-state index contributed by atoms with van der Waals surface area (Å²) in [7, 11) is -3.53. The van der Waals surface area contributed by atoms with Crippen LogP contribution in [0.25, 0.3) is 21.9 Å². The van der Waals surface area contributed by atoms with Crippen molar-refractivity contribution >= 4 is 43.7 Å². The molecule has 2 aromatic carbocycles. The van der Waals surface area contributed by atoms with Gasteiger partial charge in [-0.1, -0.05) is 32.0 Å². The van der Waals surface area contributed by atoms with Crippen molar-refractivity contribution in [2.24, 2.45) is 0 Å². The molecule has 0 atom stereocenters. The number of para-hydroxylation sites is 1. The highest BCUT2D eigenvalue weighted by molar-refractivity contribution is 7.99. The minimum absolute atomic E-state index is 0.267. The summed E-state index contributed by atoms with van der Waals surface area (Å²) in [4.78, 5) is 13.8. The van der Waals surface area contributed by atoms with Crippen molar-refractivity contribution in [1.82, 2.24) is 23.8 Å². The molecule has 4 rings (SSSR count). The second kappa shape index (κ2) is 8.33. The number of hydrogen-bond acceptors (Lipinski definition) is 6. The number of benzene rings is 2. The summed E-state index contributed by atoms with van der Waals surface area (Å²) in [6.07, 6.45) is 1.55. The van der Waals surface area contributed by atoms with Gasteiger partial charge in [-0.15, -0.1) is 0 Å². The molecule has 0 spiro atoms. The van der Waals surface area contributed by atoms with Gasteiger partial charge in [-0.2, -0.15) is 4.31 Å². The highest BCUT2D eigenvalue weighted by atomic mass is 32.2. The standard InChI is InChI=1S/C21H23N5O2S2/c1-4-25(5-2)30(27,28)15-11-12-19-18(13-15)24-21(26(19)6-3)29-20-16-9-7-8-10-17(16)22-14-23-20/h7-14H,4-6H2,1-3H3. The predicted molar refractivity (Wildman–Crippen MR) is 119 cm³/mol. The SMILES string of the molecule is CCN(CC)S(=O)(=O)c1ccc2c(c1)nc(Sc1ncnc3ccccc13)n2CC. The summed E-state index contributed by atoms with van der Waals surface area (Å²) in [5, 5.41) is 2.56. The quantitative estimate of drug-likeness (QED) is 0.400. The molecule has 0 saturated heterocycles. The normalized spacial score (nSPS) is 12.3. The van der Waals surface area contributed by atoms with E-state index in [1.54, 1.807) is 18.5 Å². The average Bonchev–Trinajstić information content (AvgIpc) is 3.11. The zero-order chi connectivity index (χ0) is 21.3. The fourth-order valence-corrected chi connectivity index (χ4v) is 6.01. The van der Waals surface area contributed by atoms with E-state index in [-0.39, 0.29) is 4.90 Å². The molecule has 156 valence electrons. The van der Waals surface area contributed by atoms with E-state index in [1.165, 1.54) is 16.1 Å². The van der Waals surface area contributed by atoms with Crippen LogP contribution in [0, 0.1) is 0 Å². The number of imidazole rings is 1. The topological polar surface area (TPSA) is 81.0 Å². The highest BCUT2D eigenvalue weighted by Crippen LogP contribution is 2.33. The molecule has 0 aliphatic carbocycles. The van der Waals surface area contributed by atoms with Gasteiger partial charge in [0.05, 0.1) is 21.4 Å². The van der Waals surface area contributed by atoms with E-state index in [0.717, 1.165) is 26.6 Å². The van der Waals surface area contributed by atoms with Gasteiger partial charge in [0.1, 0.15) is 11.4 Å². The number of hydrogen-bond donors (Lipinski definition) is 0. The first-order valence-corrected chi connectivity index (χ1v) is 12.1. The largest absolute Gasteiger partial charge is 0.319 e. The fraction of sp³-hybridized carbons (Fsp3) is 0.286. The molecule has 2 heterocycles. The van der Waals surface area contributed by atoms with Crippen LogP contribution in [0.5, 0.6) is 0 Å². The molecule has 9 heteroatoms. The summed E-state index contributed by atoms with van der Waals surface area (Å²) in [6, 6.07) is 13.0. The molecule has 0 saturated carbocycles. The van der Waals surface area contributed by atoms with Crippen molar-refractivity contribution in [3.8, 4) is 0 Å². The third-order valence-corrected chi connectivity index (χ3v) is 8.10. The van der Waals surface area contributed by atoms with Crippen LogP contribution in [0.15, 0.2) is 63.9 Å². The van der Waals surface area contributed by atoms with Crippen molar-refractivity contribution in [3.05, 3.63) is 48.8 Å². The van der Waals surface area contributed by atoms with Crippen molar-refractivity contribution < 1.29 is 8.42 Å². The maximum absolute atomic E-state index is 12.9. The molecule has 0 fully saturated rings. The van der Waals surface area contributed by atoms with E-state index >= 15 is 0 Å². The summed E-state index contributed by atoms with van der Waals surface area (Å²) in [5.74, 6) is 0. The minimum atomic E-state index is -3.53. The number of sulfonamides is 1. The maximum atomic E-state index is 12.9. The van der Waals surface area contributed by atoms with Gasteiger partial charge in [-0.25, -0.2) is 23.4 Å². The summed E-state index contributed by atoms with van der Waals surface area (Å²) in [5.41, 5.74) is 2.43. The van der Waals surface area contributed by atoms with Gasteiger partial charge in [0.15, 0.2) is 5.16 Å². The summed E-state index contributed by atoms with van der Waals surface area (Å²) in [6.45, 7) is 7.30. The number of nitrogens with zero attached hydrogens (tertiary/aromatic N) is 5. The van der Waals surface area contributed by atoms with Crippen LogP contribution >= 0.6 is 11.8 Å². The maximum Gasteiger partial charge on any atom is 0.243 e. The summed E-state index contributed by atoms with van der Waals surface area (Å²) < 4.78 is 29.3. The third-order valence-electron chi connectivity index (χ3n) is 5.04. The lowest BCUT2D eigenvalue weighted by atomic mass is 10.2. The smallest absolute Gasteiger partial charge is 0.243 e. The van der Waals surface area contributed by atoms with Gasteiger partial charge in [0.25, 0.3) is 0 Å². The van der Waals surface area contributed by atoms with Crippen molar-refractivity contribution in [3.63, 3.8) is 0 Å². The Morgan fingerprint density at radius 1 is 1.00 bits per heavy atom. The predicted octanol–water partition coefficient (Wildman–Crippen LogP) is 4.18. The molecule has 7 nitrogen and oxygen atoms in total. The van der Waals surface area contributed by atoms with Crippen LogP contribution in [0.4, 0.5) is 0 Å². The number of fused-ring (bicyclic) bond motifs is 2. The lowest BCUT2D eigenvalue weighted by Crippen LogP contribution is -2.30. The van der Waals surface area contributed by atoms with Crippen LogP contribution in [0.3, 0.4) is 0 Å². The molecular formula is C21H23N5O2S2. The molecule has 0 unspecified atom stereocenters. The lowest BCUT2D eigenvalue weighted by molar-refractivity contribution is 0.445. The molecule has 0 aliphatic rings. The first-order chi connectivity index (χ1) is 14.5. The second-order valence-corrected chi connectivity index (χ2v) is 9.57. The Morgan fingerprint density at radius 2 is 1.77 bits per heavy atom. The lowest BCUT2D eigenvalue weighted by Gasteiger charge is -2.18. The molecule has 2 aromatic heterocycles. The van der Waals surface area contributed by atoms with Crippen LogP contribution in [0.1, 0.15) is 20.8 Å². The van der Waals surface area contributed by atoms with Crippen molar-refractivity contribution in [2.45, 2.75) is 42.4 Å². The van der Waals surface area contributed by atoms with E-state index in [4.69, 9.17) is 4.98 Å². The molecule has 0 bridgehead atoms. The highest BCUT2D eigenvalue weighted by Gasteiger charge is 2.23. The van der Waals surface area contributed by atoms with Gasteiger partial charge in [0, 0.05) is 25.0 Å². The zero-order valence-corrected chi connectivity index (χ0v) is 18.7.